The lowest BCUT2D eigenvalue weighted by molar-refractivity contribution is 0.213. The second-order valence-electron chi connectivity index (χ2n) is 4.25. The molecule has 0 radical (unpaired) electrons. The zero-order chi connectivity index (χ0) is 12.8. The summed E-state index contributed by atoms with van der Waals surface area (Å²) < 4.78 is 5.26. The van der Waals surface area contributed by atoms with E-state index in [-0.39, 0.29) is 6.61 Å². The second-order valence-corrected chi connectivity index (χ2v) is 5.24. The first-order valence-corrected chi connectivity index (χ1v) is 6.95. The number of aliphatic hydroxyl groups excluding tert-OH is 1. The largest absolute Gasteiger partial charge is 0.468 e. The van der Waals surface area contributed by atoms with Gasteiger partial charge in [-0.2, -0.15) is 11.8 Å². The van der Waals surface area contributed by atoms with E-state index in [1.54, 1.807) is 18.0 Å². The molecule has 3 nitrogen and oxygen atoms in total. The lowest BCUT2D eigenvalue weighted by atomic mass is 9.94. The van der Waals surface area contributed by atoms with E-state index in [2.05, 4.69) is 0 Å². The zero-order valence-corrected chi connectivity index (χ0v) is 10.9. The van der Waals surface area contributed by atoms with Gasteiger partial charge in [0.05, 0.1) is 24.2 Å². The summed E-state index contributed by atoms with van der Waals surface area (Å²) >= 11 is 1.66. The number of furan rings is 1. The molecule has 0 fully saturated rings. The second kappa shape index (κ2) is 6.09. The molecule has 0 aliphatic heterocycles. The summed E-state index contributed by atoms with van der Waals surface area (Å²) in [7, 11) is 0. The summed E-state index contributed by atoms with van der Waals surface area (Å²) in [5, 5.41) is 9.53. The molecule has 0 amide bonds. The van der Waals surface area contributed by atoms with Crippen molar-refractivity contribution in [2.45, 2.75) is 11.3 Å². The minimum absolute atomic E-state index is 0.0673. The first-order chi connectivity index (χ1) is 8.74. The molecular weight excluding hydrogens is 246 g/mol. The molecule has 18 heavy (non-hydrogen) atoms. The molecule has 1 aromatic carbocycles. The number of hydrogen-bond donors (Lipinski definition) is 2. The fourth-order valence-electron chi connectivity index (χ4n) is 1.72. The molecule has 1 aromatic heterocycles. The van der Waals surface area contributed by atoms with Crippen LogP contribution in [0.2, 0.25) is 0 Å². The fraction of sp³-hybridized carbons (Fsp3) is 0.286. The summed E-state index contributed by atoms with van der Waals surface area (Å²) in [6.45, 7) is -0.0673. The van der Waals surface area contributed by atoms with Crippen molar-refractivity contribution in [3.05, 3.63) is 60.1 Å². The van der Waals surface area contributed by atoms with Crippen LogP contribution in [0.4, 0.5) is 0 Å². The lowest BCUT2D eigenvalue weighted by Gasteiger charge is -2.27. The van der Waals surface area contributed by atoms with Gasteiger partial charge in [-0.05, 0) is 17.7 Å². The number of hydrogen-bond acceptors (Lipinski definition) is 4. The topological polar surface area (TPSA) is 59.4 Å². The van der Waals surface area contributed by atoms with E-state index in [1.165, 1.54) is 0 Å². The molecule has 4 heteroatoms. The van der Waals surface area contributed by atoms with Crippen LogP contribution in [0.15, 0.2) is 53.1 Å². The molecule has 2 aromatic rings. The van der Waals surface area contributed by atoms with Crippen molar-refractivity contribution in [1.29, 1.82) is 0 Å². The van der Waals surface area contributed by atoms with Crippen LogP contribution >= 0.6 is 11.8 Å². The molecule has 0 spiro atoms. The molecule has 1 heterocycles. The van der Waals surface area contributed by atoms with Gasteiger partial charge in [0.15, 0.2) is 0 Å². The van der Waals surface area contributed by atoms with Gasteiger partial charge in [0.25, 0.3) is 0 Å². The molecule has 0 saturated heterocycles. The van der Waals surface area contributed by atoms with E-state index in [9.17, 15) is 5.11 Å². The highest BCUT2D eigenvalue weighted by molar-refractivity contribution is 7.98. The molecule has 3 N–H and O–H groups in total. The Morgan fingerprint density at radius 2 is 1.94 bits per heavy atom. The van der Waals surface area contributed by atoms with Gasteiger partial charge in [0, 0.05) is 5.75 Å². The van der Waals surface area contributed by atoms with Crippen molar-refractivity contribution >= 4 is 11.8 Å². The van der Waals surface area contributed by atoms with Gasteiger partial charge in [-0.3, -0.25) is 0 Å². The maximum atomic E-state index is 9.53. The van der Waals surface area contributed by atoms with E-state index in [0.717, 1.165) is 17.1 Å². The molecule has 0 saturated carbocycles. The fourth-order valence-corrected chi connectivity index (χ4v) is 2.81. The summed E-state index contributed by atoms with van der Waals surface area (Å²) in [6, 6.07) is 13.5. The van der Waals surface area contributed by atoms with Gasteiger partial charge >= 0.3 is 0 Å². The van der Waals surface area contributed by atoms with Crippen molar-refractivity contribution in [2.24, 2.45) is 5.73 Å². The van der Waals surface area contributed by atoms with Gasteiger partial charge in [-0.15, -0.1) is 0 Å². The van der Waals surface area contributed by atoms with Gasteiger partial charge in [0.1, 0.15) is 5.76 Å². The van der Waals surface area contributed by atoms with Crippen LogP contribution in [0.1, 0.15) is 11.3 Å². The Morgan fingerprint density at radius 3 is 2.56 bits per heavy atom. The standard InChI is InChI=1S/C14H17NO2S/c15-14(10-16,12-5-2-1-3-6-12)11-18-9-13-7-4-8-17-13/h1-8,16H,9-11,15H2. The Labute approximate surface area is 111 Å². The highest BCUT2D eigenvalue weighted by atomic mass is 32.2. The van der Waals surface area contributed by atoms with E-state index < -0.39 is 5.54 Å². The van der Waals surface area contributed by atoms with E-state index in [0.29, 0.717) is 5.75 Å². The molecule has 1 unspecified atom stereocenters. The minimum Gasteiger partial charge on any atom is -0.468 e. The normalized spacial score (nSPS) is 14.3. The van der Waals surface area contributed by atoms with Crippen LogP contribution < -0.4 is 5.73 Å². The number of thioether (sulfide) groups is 1. The molecule has 1 atom stereocenters. The Hall–Kier alpha value is -1.23. The van der Waals surface area contributed by atoms with E-state index in [4.69, 9.17) is 10.2 Å². The number of nitrogens with two attached hydrogens (primary N) is 1. The van der Waals surface area contributed by atoms with Crippen molar-refractivity contribution < 1.29 is 9.52 Å². The number of rotatable bonds is 6. The minimum atomic E-state index is -0.696. The predicted molar refractivity (Wildman–Crippen MR) is 74.3 cm³/mol. The van der Waals surface area contributed by atoms with Crippen molar-refractivity contribution in [1.82, 2.24) is 0 Å². The van der Waals surface area contributed by atoms with Gasteiger partial charge in [-0.1, -0.05) is 30.3 Å². The molecule has 0 bridgehead atoms. The van der Waals surface area contributed by atoms with Crippen LogP contribution in [-0.2, 0) is 11.3 Å². The Balaban J connectivity index is 1.96. The molecule has 0 aliphatic carbocycles. The van der Waals surface area contributed by atoms with Gasteiger partial charge in [0.2, 0.25) is 0 Å². The quantitative estimate of drug-likeness (QED) is 0.840. The SMILES string of the molecule is NC(CO)(CSCc1ccco1)c1ccccc1. The molecule has 96 valence electrons. The van der Waals surface area contributed by atoms with Crippen LogP contribution in [-0.4, -0.2) is 17.5 Å². The van der Waals surface area contributed by atoms with E-state index >= 15 is 0 Å². The average molecular weight is 263 g/mol. The van der Waals surface area contributed by atoms with Crippen LogP contribution in [0.5, 0.6) is 0 Å². The first-order valence-electron chi connectivity index (χ1n) is 5.80. The number of aliphatic hydroxyl groups is 1. The molecule has 2 rings (SSSR count). The molecular formula is C14H17NO2S. The summed E-state index contributed by atoms with van der Waals surface area (Å²) in [4.78, 5) is 0. The van der Waals surface area contributed by atoms with Gasteiger partial charge in [-0.25, -0.2) is 0 Å². The Morgan fingerprint density at radius 1 is 1.17 bits per heavy atom. The van der Waals surface area contributed by atoms with E-state index in [1.807, 2.05) is 42.5 Å². The third kappa shape index (κ3) is 3.16. The first kappa shape index (κ1) is 13.2. The molecule has 0 aliphatic rings. The maximum absolute atomic E-state index is 9.53. The highest BCUT2D eigenvalue weighted by Gasteiger charge is 2.26. The van der Waals surface area contributed by atoms with Crippen LogP contribution in [0.25, 0.3) is 0 Å². The predicted octanol–water partition coefficient (Wildman–Crippen LogP) is 2.36. The monoisotopic (exact) mass is 263 g/mol. The van der Waals surface area contributed by atoms with Gasteiger partial charge < -0.3 is 15.3 Å². The van der Waals surface area contributed by atoms with Crippen molar-refractivity contribution in [2.75, 3.05) is 12.4 Å². The summed E-state index contributed by atoms with van der Waals surface area (Å²) in [6.07, 6.45) is 1.66. The lowest BCUT2D eigenvalue weighted by Crippen LogP contribution is -2.43. The van der Waals surface area contributed by atoms with Crippen LogP contribution in [0, 0.1) is 0 Å². The maximum Gasteiger partial charge on any atom is 0.113 e. The smallest absolute Gasteiger partial charge is 0.113 e. The summed E-state index contributed by atoms with van der Waals surface area (Å²) in [5.41, 5.74) is 6.52. The Bertz CT molecular complexity index is 458. The van der Waals surface area contributed by atoms with Crippen molar-refractivity contribution in [3.63, 3.8) is 0 Å². The number of benzene rings is 1. The van der Waals surface area contributed by atoms with Crippen LogP contribution in [0.3, 0.4) is 0 Å². The summed E-state index contributed by atoms with van der Waals surface area (Å²) in [5.74, 6) is 2.33. The highest BCUT2D eigenvalue weighted by Crippen LogP contribution is 2.24. The third-order valence-corrected chi connectivity index (χ3v) is 4.02. The zero-order valence-electron chi connectivity index (χ0n) is 10.1. The average Bonchev–Trinajstić information content (AvgIpc) is 2.93. The van der Waals surface area contributed by atoms with Crippen molar-refractivity contribution in [3.8, 4) is 0 Å². The third-order valence-electron chi connectivity index (χ3n) is 2.81. The Kier molecular flexibility index (Phi) is 4.47.